The summed E-state index contributed by atoms with van der Waals surface area (Å²) in [6.07, 6.45) is 0. The molecule has 1 amide bonds. The van der Waals surface area contributed by atoms with Crippen LogP contribution in [-0.4, -0.2) is 33.0 Å². The Morgan fingerprint density at radius 3 is 2.37 bits per heavy atom. The van der Waals surface area contributed by atoms with Crippen molar-refractivity contribution in [2.75, 3.05) is 11.1 Å². The number of carbonyl (C=O) groups is 1. The predicted molar refractivity (Wildman–Crippen MR) is 113 cm³/mol. The number of benzene rings is 2. The molecule has 0 spiro atoms. The maximum absolute atomic E-state index is 12.3. The maximum atomic E-state index is 12.3. The molecule has 0 aliphatic heterocycles. The zero-order valence-electron chi connectivity index (χ0n) is 16.8. The summed E-state index contributed by atoms with van der Waals surface area (Å²) < 4.78 is 30.6. The lowest BCUT2D eigenvalue weighted by molar-refractivity contribution is -0.113. The van der Waals surface area contributed by atoms with E-state index in [1.54, 1.807) is 23.7 Å². The SMILES string of the molecule is CC(C)c1ccc(NC(=O)CSc2nnc(-c3ccc(OC(F)F)cc3)n2C)cc1. The van der Waals surface area contributed by atoms with Crippen molar-refractivity contribution in [2.24, 2.45) is 7.05 Å². The number of nitrogens with one attached hydrogen (secondary N) is 1. The summed E-state index contributed by atoms with van der Waals surface area (Å²) in [5, 5.41) is 11.7. The third kappa shape index (κ3) is 5.56. The van der Waals surface area contributed by atoms with Gasteiger partial charge in [-0.25, -0.2) is 0 Å². The van der Waals surface area contributed by atoms with Gasteiger partial charge >= 0.3 is 6.61 Å². The number of halogens is 2. The van der Waals surface area contributed by atoms with E-state index in [2.05, 4.69) is 34.1 Å². The highest BCUT2D eigenvalue weighted by atomic mass is 32.2. The third-order valence-electron chi connectivity index (χ3n) is 4.37. The van der Waals surface area contributed by atoms with Crippen molar-refractivity contribution < 1.29 is 18.3 Å². The molecule has 0 aliphatic rings. The standard InChI is InChI=1S/C21H22F2N4O2S/c1-13(2)14-4-8-16(9-5-14)24-18(28)12-30-21-26-25-19(27(21)3)15-6-10-17(11-7-15)29-20(22)23/h4-11,13,20H,12H2,1-3H3,(H,24,28). The minimum Gasteiger partial charge on any atom is -0.435 e. The molecule has 2 aromatic carbocycles. The molecular formula is C21H22F2N4O2S. The van der Waals surface area contributed by atoms with E-state index in [0.717, 1.165) is 5.69 Å². The largest absolute Gasteiger partial charge is 0.435 e. The minimum atomic E-state index is -2.87. The second-order valence-electron chi connectivity index (χ2n) is 6.88. The van der Waals surface area contributed by atoms with E-state index in [9.17, 15) is 13.6 Å². The number of anilines is 1. The Bertz CT molecular complexity index is 989. The molecule has 0 atom stereocenters. The van der Waals surface area contributed by atoms with Gasteiger partial charge in [-0.15, -0.1) is 10.2 Å². The summed E-state index contributed by atoms with van der Waals surface area (Å²) in [4.78, 5) is 12.3. The van der Waals surface area contributed by atoms with Gasteiger partial charge in [0.25, 0.3) is 0 Å². The van der Waals surface area contributed by atoms with Crippen LogP contribution >= 0.6 is 11.8 Å². The molecule has 3 aromatic rings. The highest BCUT2D eigenvalue weighted by molar-refractivity contribution is 7.99. The topological polar surface area (TPSA) is 69.0 Å². The van der Waals surface area contributed by atoms with Gasteiger partial charge in [-0.1, -0.05) is 37.7 Å². The molecule has 0 radical (unpaired) electrons. The van der Waals surface area contributed by atoms with Gasteiger partial charge in [-0.05, 0) is 47.9 Å². The van der Waals surface area contributed by atoms with Crippen molar-refractivity contribution in [1.82, 2.24) is 14.8 Å². The van der Waals surface area contributed by atoms with Crippen molar-refractivity contribution in [3.63, 3.8) is 0 Å². The van der Waals surface area contributed by atoms with Crippen LogP contribution in [0.5, 0.6) is 5.75 Å². The van der Waals surface area contributed by atoms with Crippen LogP contribution in [0, 0.1) is 0 Å². The van der Waals surface area contributed by atoms with E-state index in [1.165, 1.54) is 29.5 Å². The van der Waals surface area contributed by atoms with Gasteiger partial charge in [-0.3, -0.25) is 4.79 Å². The number of hydrogen-bond acceptors (Lipinski definition) is 5. The van der Waals surface area contributed by atoms with Gasteiger partial charge in [0.2, 0.25) is 5.91 Å². The fraction of sp³-hybridized carbons (Fsp3) is 0.286. The first kappa shape index (κ1) is 21.8. The van der Waals surface area contributed by atoms with Crippen molar-refractivity contribution in [3.8, 4) is 17.1 Å². The molecule has 3 rings (SSSR count). The number of ether oxygens (including phenoxy) is 1. The quantitative estimate of drug-likeness (QED) is 0.511. The Morgan fingerprint density at radius 2 is 1.77 bits per heavy atom. The number of aromatic nitrogens is 3. The monoisotopic (exact) mass is 432 g/mol. The van der Waals surface area contributed by atoms with E-state index in [1.807, 2.05) is 24.3 Å². The summed E-state index contributed by atoms with van der Waals surface area (Å²) in [6, 6.07) is 13.9. The van der Waals surface area contributed by atoms with E-state index in [0.29, 0.717) is 22.5 Å². The Morgan fingerprint density at radius 1 is 1.10 bits per heavy atom. The highest BCUT2D eigenvalue weighted by Gasteiger charge is 2.14. The van der Waals surface area contributed by atoms with Gasteiger partial charge in [-0.2, -0.15) is 8.78 Å². The number of alkyl halides is 2. The molecule has 158 valence electrons. The molecule has 0 bridgehead atoms. The molecule has 1 heterocycles. The van der Waals surface area contributed by atoms with Crippen LogP contribution < -0.4 is 10.1 Å². The smallest absolute Gasteiger partial charge is 0.387 e. The Kier molecular flexibility index (Phi) is 7.04. The van der Waals surface area contributed by atoms with E-state index in [4.69, 9.17) is 0 Å². The average molecular weight is 432 g/mol. The molecule has 0 saturated carbocycles. The van der Waals surface area contributed by atoms with Crippen LogP contribution in [0.4, 0.5) is 14.5 Å². The second kappa shape index (κ2) is 9.71. The van der Waals surface area contributed by atoms with Crippen LogP contribution in [0.25, 0.3) is 11.4 Å². The van der Waals surface area contributed by atoms with Crippen molar-refractivity contribution >= 4 is 23.4 Å². The van der Waals surface area contributed by atoms with E-state index in [-0.39, 0.29) is 17.4 Å². The molecular weight excluding hydrogens is 410 g/mol. The normalized spacial score (nSPS) is 11.2. The van der Waals surface area contributed by atoms with E-state index < -0.39 is 6.61 Å². The molecule has 0 aliphatic carbocycles. The Balaban J connectivity index is 1.59. The highest BCUT2D eigenvalue weighted by Crippen LogP contribution is 2.25. The lowest BCUT2D eigenvalue weighted by atomic mass is 10.0. The van der Waals surface area contributed by atoms with Crippen LogP contribution in [0.2, 0.25) is 0 Å². The fourth-order valence-corrected chi connectivity index (χ4v) is 3.47. The Labute approximate surface area is 177 Å². The number of amides is 1. The molecule has 9 heteroatoms. The van der Waals surface area contributed by atoms with Crippen LogP contribution in [-0.2, 0) is 11.8 Å². The van der Waals surface area contributed by atoms with Gasteiger partial charge in [0.1, 0.15) is 5.75 Å². The molecule has 1 aromatic heterocycles. The van der Waals surface area contributed by atoms with Gasteiger partial charge in [0.15, 0.2) is 11.0 Å². The number of thioether (sulfide) groups is 1. The van der Waals surface area contributed by atoms with Crippen LogP contribution in [0.15, 0.2) is 53.7 Å². The second-order valence-corrected chi connectivity index (χ2v) is 7.82. The summed E-state index contributed by atoms with van der Waals surface area (Å²) in [7, 11) is 1.78. The minimum absolute atomic E-state index is 0.0728. The molecule has 0 unspecified atom stereocenters. The summed E-state index contributed by atoms with van der Waals surface area (Å²) >= 11 is 1.26. The first-order valence-electron chi connectivity index (χ1n) is 9.30. The number of rotatable bonds is 8. The van der Waals surface area contributed by atoms with Crippen LogP contribution in [0.1, 0.15) is 25.3 Å². The zero-order valence-corrected chi connectivity index (χ0v) is 17.6. The van der Waals surface area contributed by atoms with Gasteiger partial charge in [0, 0.05) is 18.3 Å². The van der Waals surface area contributed by atoms with Gasteiger partial charge in [0.05, 0.1) is 5.75 Å². The Hall–Kier alpha value is -2.94. The molecule has 1 N–H and O–H groups in total. The average Bonchev–Trinajstić information content (AvgIpc) is 3.07. The summed E-state index contributed by atoms with van der Waals surface area (Å²) in [5.74, 6) is 1.10. The first-order valence-corrected chi connectivity index (χ1v) is 10.3. The summed E-state index contributed by atoms with van der Waals surface area (Å²) in [5.41, 5.74) is 2.66. The van der Waals surface area contributed by atoms with Crippen molar-refractivity contribution in [2.45, 2.75) is 31.5 Å². The van der Waals surface area contributed by atoms with Crippen LogP contribution in [0.3, 0.4) is 0 Å². The molecule has 0 fully saturated rings. The zero-order chi connectivity index (χ0) is 21.7. The molecule has 30 heavy (non-hydrogen) atoms. The number of hydrogen-bond donors (Lipinski definition) is 1. The molecule has 6 nitrogen and oxygen atoms in total. The maximum Gasteiger partial charge on any atom is 0.387 e. The summed E-state index contributed by atoms with van der Waals surface area (Å²) in [6.45, 7) is 1.36. The van der Waals surface area contributed by atoms with E-state index >= 15 is 0 Å². The number of nitrogens with zero attached hydrogens (tertiary/aromatic N) is 3. The van der Waals surface area contributed by atoms with Crippen molar-refractivity contribution in [1.29, 1.82) is 0 Å². The first-order chi connectivity index (χ1) is 14.3. The predicted octanol–water partition coefficient (Wildman–Crippen LogP) is 4.94. The lowest BCUT2D eigenvalue weighted by Gasteiger charge is -2.08. The third-order valence-corrected chi connectivity index (χ3v) is 5.39. The lowest BCUT2D eigenvalue weighted by Crippen LogP contribution is -2.14. The van der Waals surface area contributed by atoms with Crippen molar-refractivity contribution in [3.05, 3.63) is 54.1 Å². The fourth-order valence-electron chi connectivity index (χ4n) is 2.76. The number of carbonyl (C=O) groups excluding carboxylic acids is 1. The van der Waals surface area contributed by atoms with Gasteiger partial charge < -0.3 is 14.6 Å². The molecule has 0 saturated heterocycles.